The number of hydrogen-bond donors (Lipinski definition) is 1. The lowest BCUT2D eigenvalue weighted by atomic mass is 10.3. The molecule has 0 fully saturated rings. The number of anilines is 1. The molecule has 1 N–H and O–H groups in total. The lowest BCUT2D eigenvalue weighted by Crippen LogP contribution is -2.05. The van der Waals surface area contributed by atoms with Crippen molar-refractivity contribution in [1.29, 1.82) is 5.26 Å². The molecule has 0 atom stereocenters. The molecule has 6 heteroatoms. The first-order valence-electron chi connectivity index (χ1n) is 6.63. The Kier molecular flexibility index (Phi) is 4.56. The average molecular weight is 271 g/mol. The minimum absolute atomic E-state index is 0.282. The summed E-state index contributed by atoms with van der Waals surface area (Å²) in [7, 11) is 0. The lowest BCUT2D eigenvalue weighted by Gasteiger charge is -2.08. The molecule has 0 aliphatic heterocycles. The number of aromatic nitrogens is 3. The molecule has 104 valence electrons. The van der Waals surface area contributed by atoms with E-state index in [4.69, 9.17) is 10.00 Å². The number of nitrogens with one attached hydrogen (secondary N) is 1. The van der Waals surface area contributed by atoms with E-state index < -0.39 is 0 Å². The fourth-order valence-electron chi connectivity index (χ4n) is 1.75. The van der Waals surface area contributed by atoms with Gasteiger partial charge in [0.25, 0.3) is 0 Å². The fraction of sp³-hybridized carbons (Fsp3) is 0.357. The van der Waals surface area contributed by atoms with E-state index in [1.807, 2.05) is 44.2 Å². The van der Waals surface area contributed by atoms with Crippen molar-refractivity contribution >= 4 is 5.82 Å². The third-order valence-electron chi connectivity index (χ3n) is 2.64. The van der Waals surface area contributed by atoms with Crippen LogP contribution in [0.5, 0.6) is 5.75 Å². The zero-order chi connectivity index (χ0) is 14.4. The maximum absolute atomic E-state index is 9.11. The Labute approximate surface area is 118 Å². The van der Waals surface area contributed by atoms with Crippen LogP contribution in [0, 0.1) is 11.3 Å². The first-order chi connectivity index (χ1) is 9.80. The Hall–Kier alpha value is -2.55. The van der Waals surface area contributed by atoms with Crippen molar-refractivity contribution in [2.45, 2.75) is 20.3 Å². The second-order valence-electron chi connectivity index (χ2n) is 4.13. The van der Waals surface area contributed by atoms with Crippen molar-refractivity contribution in [3.63, 3.8) is 0 Å². The Bertz CT molecular complexity index is 614. The van der Waals surface area contributed by atoms with Gasteiger partial charge < -0.3 is 10.1 Å². The highest BCUT2D eigenvalue weighted by atomic mass is 16.5. The van der Waals surface area contributed by atoms with Crippen molar-refractivity contribution in [1.82, 2.24) is 15.0 Å². The Morgan fingerprint density at radius 1 is 1.30 bits per heavy atom. The van der Waals surface area contributed by atoms with Crippen molar-refractivity contribution in [2.24, 2.45) is 0 Å². The lowest BCUT2D eigenvalue weighted by molar-refractivity contribution is 0.337. The SMILES string of the molecule is CCCNc1nn(-c2ccccc2OCC)nc1C#N. The molecule has 0 unspecified atom stereocenters. The van der Waals surface area contributed by atoms with Crippen molar-refractivity contribution in [3.8, 4) is 17.5 Å². The molecule has 0 saturated heterocycles. The molecular weight excluding hydrogens is 254 g/mol. The summed E-state index contributed by atoms with van der Waals surface area (Å²) in [5, 5.41) is 20.7. The van der Waals surface area contributed by atoms with Crippen LogP contribution >= 0.6 is 0 Å². The molecule has 2 aromatic rings. The summed E-state index contributed by atoms with van der Waals surface area (Å²) in [5.74, 6) is 1.19. The van der Waals surface area contributed by atoms with Crippen LogP contribution in [0.3, 0.4) is 0 Å². The summed E-state index contributed by atoms with van der Waals surface area (Å²) in [6.07, 6.45) is 0.952. The monoisotopic (exact) mass is 271 g/mol. The van der Waals surface area contributed by atoms with Crippen LogP contribution in [0.1, 0.15) is 26.0 Å². The Morgan fingerprint density at radius 2 is 2.10 bits per heavy atom. The van der Waals surface area contributed by atoms with Gasteiger partial charge in [0.2, 0.25) is 5.69 Å². The number of nitriles is 1. The van der Waals surface area contributed by atoms with Gasteiger partial charge in [-0.25, -0.2) is 0 Å². The van der Waals surface area contributed by atoms with Gasteiger partial charge in [0.15, 0.2) is 5.82 Å². The van der Waals surface area contributed by atoms with Gasteiger partial charge in [-0.2, -0.15) is 5.26 Å². The summed E-state index contributed by atoms with van der Waals surface area (Å²) in [6, 6.07) is 9.53. The number of ether oxygens (including phenoxy) is 1. The van der Waals surface area contributed by atoms with Gasteiger partial charge in [-0.3, -0.25) is 0 Å². The van der Waals surface area contributed by atoms with E-state index in [0.29, 0.717) is 18.2 Å². The van der Waals surface area contributed by atoms with Crippen LogP contribution in [-0.4, -0.2) is 28.1 Å². The van der Waals surface area contributed by atoms with E-state index in [-0.39, 0.29) is 5.69 Å². The van der Waals surface area contributed by atoms with Crippen molar-refractivity contribution in [2.75, 3.05) is 18.5 Å². The minimum atomic E-state index is 0.282. The van der Waals surface area contributed by atoms with E-state index in [1.54, 1.807) is 0 Å². The minimum Gasteiger partial charge on any atom is -0.492 e. The van der Waals surface area contributed by atoms with E-state index in [0.717, 1.165) is 18.7 Å². The number of para-hydroxylation sites is 2. The van der Waals surface area contributed by atoms with Gasteiger partial charge in [-0.15, -0.1) is 15.0 Å². The summed E-state index contributed by atoms with van der Waals surface area (Å²) in [6.45, 7) is 5.28. The predicted octanol–water partition coefficient (Wildman–Crippen LogP) is 2.36. The number of rotatable bonds is 6. The van der Waals surface area contributed by atoms with Crippen LogP contribution in [0.15, 0.2) is 24.3 Å². The molecular formula is C14H17N5O. The molecule has 0 aliphatic carbocycles. The summed E-state index contributed by atoms with van der Waals surface area (Å²) in [5.41, 5.74) is 1.00. The summed E-state index contributed by atoms with van der Waals surface area (Å²) in [4.78, 5) is 1.43. The maximum Gasteiger partial charge on any atom is 0.207 e. The molecule has 0 amide bonds. The van der Waals surface area contributed by atoms with Gasteiger partial charge >= 0.3 is 0 Å². The summed E-state index contributed by atoms with van der Waals surface area (Å²) >= 11 is 0. The van der Waals surface area contributed by atoms with E-state index in [2.05, 4.69) is 15.5 Å². The normalized spacial score (nSPS) is 10.1. The highest BCUT2D eigenvalue weighted by molar-refractivity contribution is 5.50. The molecule has 20 heavy (non-hydrogen) atoms. The first kappa shape index (κ1) is 13.9. The van der Waals surface area contributed by atoms with Crippen molar-refractivity contribution < 1.29 is 4.74 Å². The van der Waals surface area contributed by atoms with Crippen molar-refractivity contribution in [3.05, 3.63) is 30.0 Å². The fourth-order valence-corrected chi connectivity index (χ4v) is 1.75. The third kappa shape index (κ3) is 2.88. The molecule has 0 spiro atoms. The quantitative estimate of drug-likeness (QED) is 0.872. The average Bonchev–Trinajstić information content (AvgIpc) is 2.89. The highest BCUT2D eigenvalue weighted by Gasteiger charge is 2.13. The summed E-state index contributed by atoms with van der Waals surface area (Å²) < 4.78 is 5.55. The smallest absolute Gasteiger partial charge is 0.207 e. The maximum atomic E-state index is 9.11. The molecule has 1 heterocycles. The standard InChI is InChI=1S/C14H17N5O/c1-3-9-16-14-11(10-15)17-19(18-14)12-7-5-6-8-13(12)20-4-2/h5-8H,3-4,9H2,1-2H3,(H,16,18). The topological polar surface area (TPSA) is 75.8 Å². The number of nitrogens with zero attached hydrogens (tertiary/aromatic N) is 4. The Balaban J connectivity index is 2.38. The van der Waals surface area contributed by atoms with Gasteiger partial charge in [-0.05, 0) is 25.5 Å². The number of hydrogen-bond acceptors (Lipinski definition) is 5. The molecule has 0 saturated carbocycles. The van der Waals surface area contributed by atoms with E-state index in [1.165, 1.54) is 4.80 Å². The van der Waals surface area contributed by atoms with Gasteiger partial charge in [-0.1, -0.05) is 19.1 Å². The zero-order valence-corrected chi connectivity index (χ0v) is 11.6. The van der Waals surface area contributed by atoms with E-state index >= 15 is 0 Å². The van der Waals surface area contributed by atoms with Crippen LogP contribution in [0.2, 0.25) is 0 Å². The zero-order valence-electron chi connectivity index (χ0n) is 11.6. The Morgan fingerprint density at radius 3 is 2.80 bits per heavy atom. The highest BCUT2D eigenvalue weighted by Crippen LogP contribution is 2.22. The van der Waals surface area contributed by atoms with Crippen LogP contribution < -0.4 is 10.1 Å². The number of benzene rings is 1. The molecule has 2 rings (SSSR count). The van der Waals surface area contributed by atoms with Crippen LogP contribution in [0.25, 0.3) is 5.69 Å². The largest absolute Gasteiger partial charge is 0.492 e. The predicted molar refractivity (Wildman–Crippen MR) is 76.0 cm³/mol. The third-order valence-corrected chi connectivity index (χ3v) is 2.64. The van der Waals surface area contributed by atoms with E-state index in [9.17, 15) is 0 Å². The second kappa shape index (κ2) is 6.57. The van der Waals surface area contributed by atoms with Gasteiger partial charge in [0.05, 0.1) is 6.61 Å². The molecule has 6 nitrogen and oxygen atoms in total. The first-order valence-corrected chi connectivity index (χ1v) is 6.63. The van der Waals surface area contributed by atoms with Crippen LogP contribution in [-0.2, 0) is 0 Å². The van der Waals surface area contributed by atoms with Gasteiger partial charge in [0, 0.05) is 6.54 Å². The molecule has 0 bridgehead atoms. The molecule has 1 aromatic carbocycles. The second-order valence-corrected chi connectivity index (χ2v) is 4.13. The van der Waals surface area contributed by atoms with Gasteiger partial charge in [0.1, 0.15) is 17.5 Å². The molecule has 0 aliphatic rings. The molecule has 1 aromatic heterocycles. The van der Waals surface area contributed by atoms with Crippen LogP contribution in [0.4, 0.5) is 5.82 Å². The molecule has 0 radical (unpaired) electrons.